The Hall–Kier alpha value is -3.16. The third-order valence-electron chi connectivity index (χ3n) is 5.58. The van der Waals surface area contributed by atoms with E-state index >= 15 is 0 Å². The summed E-state index contributed by atoms with van der Waals surface area (Å²) in [6, 6.07) is 10.3. The maximum Gasteiger partial charge on any atom is 0.0931 e. The fraction of sp³-hybridized carbons (Fsp3) is 0.448. The first kappa shape index (κ1) is 30.9. The van der Waals surface area contributed by atoms with E-state index < -0.39 is 0 Å². The van der Waals surface area contributed by atoms with E-state index in [0.29, 0.717) is 19.6 Å². The molecule has 36 heavy (non-hydrogen) atoms. The molecule has 0 radical (unpaired) electrons. The van der Waals surface area contributed by atoms with Crippen molar-refractivity contribution in [3.8, 4) is 0 Å². The first-order valence-corrected chi connectivity index (χ1v) is 12.8. The Morgan fingerprint density at radius 1 is 0.778 bits per heavy atom. The summed E-state index contributed by atoms with van der Waals surface area (Å²) in [6.45, 7) is 26.3. The molecule has 1 rings (SSSR count). The molecule has 7 heteroatoms. The average Bonchev–Trinajstić information content (AvgIpc) is 2.87. The van der Waals surface area contributed by atoms with Crippen molar-refractivity contribution in [3.05, 3.63) is 97.3 Å². The van der Waals surface area contributed by atoms with Gasteiger partial charge in [0.25, 0.3) is 0 Å². The van der Waals surface area contributed by atoms with Crippen molar-refractivity contribution in [1.82, 2.24) is 31.9 Å². The maximum absolute atomic E-state index is 8.72. The van der Waals surface area contributed by atoms with Gasteiger partial charge in [-0.2, -0.15) is 0 Å². The Morgan fingerprint density at radius 2 is 1.42 bits per heavy atom. The summed E-state index contributed by atoms with van der Waals surface area (Å²) in [5.74, 6) is 0. The lowest BCUT2D eigenvalue weighted by Crippen LogP contribution is -2.40. The van der Waals surface area contributed by atoms with Crippen LogP contribution in [0.5, 0.6) is 0 Å². The van der Waals surface area contributed by atoms with Crippen molar-refractivity contribution in [3.63, 3.8) is 0 Å². The lowest BCUT2D eigenvalue weighted by Gasteiger charge is -2.25. The predicted octanol–water partition coefficient (Wildman–Crippen LogP) is 3.23. The predicted molar refractivity (Wildman–Crippen MR) is 154 cm³/mol. The number of nitrogens with one attached hydrogen (secondary N) is 6. The van der Waals surface area contributed by atoms with Crippen molar-refractivity contribution in [1.29, 1.82) is 0 Å². The quantitative estimate of drug-likeness (QED) is 0.0924. The smallest absolute Gasteiger partial charge is 0.0931 e. The van der Waals surface area contributed by atoms with Crippen LogP contribution < -0.4 is 31.9 Å². The molecular formula is C29H48N6O. The average molecular weight is 497 g/mol. The first-order chi connectivity index (χ1) is 17.3. The van der Waals surface area contributed by atoms with Crippen LogP contribution in [0.4, 0.5) is 0 Å². The number of hydrogen-bond acceptors (Lipinski definition) is 7. The molecule has 0 spiro atoms. The van der Waals surface area contributed by atoms with Gasteiger partial charge >= 0.3 is 0 Å². The standard InChI is InChI=1S/C29H48N6O/c1-7-31-24(3)20-34-27(6)29(18-28-15-11-8-12-16-28)35-26(5)21-33-25(4)19-32-23(2)14-10-9-13-17-30-22-36/h8,11-12,15-16,29-36H,2-7,9-10,13-14,17-22H2,1H3. The third-order valence-corrected chi connectivity index (χ3v) is 5.58. The molecule has 1 aromatic rings. The van der Waals surface area contributed by atoms with Crippen molar-refractivity contribution in [2.75, 3.05) is 39.5 Å². The van der Waals surface area contributed by atoms with Gasteiger partial charge in [-0.25, -0.2) is 0 Å². The summed E-state index contributed by atoms with van der Waals surface area (Å²) in [4.78, 5) is 0. The fourth-order valence-electron chi connectivity index (χ4n) is 3.52. The van der Waals surface area contributed by atoms with Gasteiger partial charge in [0.1, 0.15) is 0 Å². The second-order valence-corrected chi connectivity index (χ2v) is 8.89. The van der Waals surface area contributed by atoms with Crippen LogP contribution in [0.15, 0.2) is 91.7 Å². The van der Waals surface area contributed by atoms with E-state index in [0.717, 1.165) is 73.7 Å². The van der Waals surface area contributed by atoms with E-state index in [1.54, 1.807) is 0 Å². The largest absolute Gasteiger partial charge is 0.388 e. The van der Waals surface area contributed by atoms with Crippen LogP contribution in [0, 0.1) is 0 Å². The highest BCUT2D eigenvalue weighted by Crippen LogP contribution is 2.10. The number of allylic oxidation sites excluding steroid dienone is 1. The van der Waals surface area contributed by atoms with Gasteiger partial charge in [0.15, 0.2) is 0 Å². The molecule has 0 saturated carbocycles. The number of aliphatic hydroxyl groups is 1. The topological polar surface area (TPSA) is 92.4 Å². The van der Waals surface area contributed by atoms with Gasteiger partial charge in [-0.05, 0) is 44.7 Å². The minimum absolute atomic E-state index is 0.0186. The van der Waals surface area contributed by atoms with Crippen LogP contribution in [0.2, 0.25) is 0 Å². The van der Waals surface area contributed by atoms with Crippen LogP contribution in [0.25, 0.3) is 0 Å². The summed E-state index contributed by atoms with van der Waals surface area (Å²) >= 11 is 0. The minimum atomic E-state index is -0.0186. The van der Waals surface area contributed by atoms with Crippen LogP contribution >= 0.6 is 0 Å². The van der Waals surface area contributed by atoms with Gasteiger partial charge in [-0.3, -0.25) is 5.32 Å². The monoisotopic (exact) mass is 496 g/mol. The van der Waals surface area contributed by atoms with E-state index in [1.165, 1.54) is 5.56 Å². The Kier molecular flexibility index (Phi) is 16.4. The number of rotatable bonds is 23. The second-order valence-electron chi connectivity index (χ2n) is 8.89. The van der Waals surface area contributed by atoms with Crippen LogP contribution in [-0.4, -0.2) is 50.6 Å². The van der Waals surface area contributed by atoms with Crippen molar-refractivity contribution < 1.29 is 5.11 Å². The normalized spacial score (nSPS) is 11.2. The van der Waals surface area contributed by atoms with E-state index in [1.807, 2.05) is 18.2 Å². The lowest BCUT2D eigenvalue weighted by atomic mass is 10.0. The second kappa shape index (κ2) is 19.1. The molecule has 0 amide bonds. The van der Waals surface area contributed by atoms with E-state index in [4.69, 9.17) is 5.11 Å². The Morgan fingerprint density at radius 3 is 2.11 bits per heavy atom. The zero-order chi connectivity index (χ0) is 26.6. The summed E-state index contributed by atoms with van der Waals surface area (Å²) in [5.41, 5.74) is 5.80. The molecule has 7 nitrogen and oxygen atoms in total. The highest BCUT2D eigenvalue weighted by atomic mass is 16.3. The summed E-state index contributed by atoms with van der Waals surface area (Å²) in [7, 11) is 0. The molecule has 0 aliphatic carbocycles. The van der Waals surface area contributed by atoms with Crippen molar-refractivity contribution in [2.24, 2.45) is 0 Å². The fourth-order valence-corrected chi connectivity index (χ4v) is 3.52. The van der Waals surface area contributed by atoms with Crippen LogP contribution in [0.3, 0.4) is 0 Å². The third kappa shape index (κ3) is 15.0. The molecule has 1 unspecified atom stereocenters. The van der Waals surface area contributed by atoms with Crippen LogP contribution in [0.1, 0.15) is 38.2 Å². The number of aliphatic hydroxyl groups excluding tert-OH is 1. The van der Waals surface area contributed by atoms with E-state index in [2.05, 4.69) is 83.9 Å². The molecule has 1 atom stereocenters. The Balaban J connectivity index is 2.43. The molecular weight excluding hydrogens is 448 g/mol. The van der Waals surface area contributed by atoms with E-state index in [9.17, 15) is 0 Å². The number of hydrogen-bond donors (Lipinski definition) is 7. The summed E-state index contributed by atoms with van der Waals surface area (Å²) < 4.78 is 0. The molecule has 7 N–H and O–H groups in total. The number of unbranched alkanes of at least 4 members (excludes halogenated alkanes) is 2. The van der Waals surface area contributed by atoms with Gasteiger partial charge in [0.05, 0.1) is 32.4 Å². The molecule has 200 valence electrons. The zero-order valence-corrected chi connectivity index (χ0v) is 22.2. The molecule has 0 heterocycles. The van der Waals surface area contributed by atoms with Gasteiger partial charge in [0, 0.05) is 35.0 Å². The summed E-state index contributed by atoms with van der Waals surface area (Å²) in [6.07, 6.45) is 4.94. The Bertz CT molecular complexity index is 820. The minimum Gasteiger partial charge on any atom is -0.388 e. The van der Waals surface area contributed by atoms with E-state index in [-0.39, 0.29) is 12.8 Å². The van der Waals surface area contributed by atoms with Crippen molar-refractivity contribution >= 4 is 0 Å². The van der Waals surface area contributed by atoms with Gasteiger partial charge in [0.2, 0.25) is 0 Å². The van der Waals surface area contributed by atoms with Gasteiger partial charge in [-0.15, -0.1) is 0 Å². The molecule has 0 fully saturated rings. The molecule has 1 aromatic carbocycles. The lowest BCUT2D eigenvalue weighted by molar-refractivity contribution is 0.260. The number of benzene rings is 1. The highest BCUT2D eigenvalue weighted by Gasteiger charge is 2.14. The molecule has 0 aromatic heterocycles. The molecule has 0 bridgehead atoms. The molecule has 0 aliphatic rings. The summed E-state index contributed by atoms with van der Waals surface area (Å²) in [5, 5.41) is 28.4. The Labute approximate surface area is 218 Å². The first-order valence-electron chi connectivity index (χ1n) is 12.8. The number of likely N-dealkylation sites (N-methyl/N-ethyl adjacent to an activating group) is 1. The SMILES string of the molecule is C=C(CCCCCNCO)NCC(=C)NCC(=C)NC(Cc1ccccc1)C(=C)NCC(=C)NCC. The highest BCUT2D eigenvalue weighted by molar-refractivity contribution is 5.21. The molecule has 0 aliphatic heterocycles. The van der Waals surface area contributed by atoms with Gasteiger partial charge < -0.3 is 31.7 Å². The van der Waals surface area contributed by atoms with Crippen molar-refractivity contribution in [2.45, 2.75) is 45.1 Å². The van der Waals surface area contributed by atoms with Crippen LogP contribution in [-0.2, 0) is 6.42 Å². The molecule has 0 saturated heterocycles. The maximum atomic E-state index is 8.72. The zero-order valence-electron chi connectivity index (χ0n) is 22.2. The van der Waals surface area contributed by atoms with Gasteiger partial charge in [-0.1, -0.05) is 69.6 Å².